The predicted molar refractivity (Wildman–Crippen MR) is 98.5 cm³/mol. The van der Waals surface area contributed by atoms with Gasteiger partial charge >= 0.3 is 0 Å². The molecule has 0 radical (unpaired) electrons. The molecule has 1 atom stereocenters. The van der Waals surface area contributed by atoms with E-state index in [1.807, 2.05) is 9.80 Å². The predicted octanol–water partition coefficient (Wildman–Crippen LogP) is 1.72. The van der Waals surface area contributed by atoms with E-state index in [1.165, 1.54) is 0 Å². The van der Waals surface area contributed by atoms with E-state index in [4.69, 9.17) is 5.26 Å². The van der Waals surface area contributed by atoms with Crippen LogP contribution in [0.25, 0.3) is 0 Å². The molecule has 138 valence electrons. The van der Waals surface area contributed by atoms with Crippen molar-refractivity contribution in [1.29, 1.82) is 5.26 Å². The first kappa shape index (κ1) is 18.4. The lowest BCUT2D eigenvalue weighted by Gasteiger charge is -2.43. The van der Waals surface area contributed by atoms with Crippen LogP contribution in [0.3, 0.4) is 0 Å². The van der Waals surface area contributed by atoms with Gasteiger partial charge in [0.1, 0.15) is 0 Å². The zero-order chi connectivity index (χ0) is 18.7. The summed E-state index contributed by atoms with van der Waals surface area (Å²) in [6.45, 7) is 7.69. The molecule has 0 aliphatic carbocycles. The molecule has 0 aromatic heterocycles. The molecule has 1 aromatic carbocycles. The smallest absolute Gasteiger partial charge is 0.253 e. The fraction of sp³-hybridized carbons (Fsp3) is 0.550. The molecule has 2 aliphatic rings. The molecule has 2 amide bonds. The van der Waals surface area contributed by atoms with Crippen molar-refractivity contribution >= 4 is 11.8 Å². The van der Waals surface area contributed by atoms with Crippen molar-refractivity contribution in [1.82, 2.24) is 14.7 Å². The standard InChI is InChI=1S/C20H26N4O2/c1-15(2)24-9-3-4-18(20(24)26)22-10-12-23(13-11-22)19(25)17-7-5-16(14-21)6-8-17/h5-8,15,18H,3-4,9-13H2,1-2H3/t18-/m1/s1. The zero-order valence-corrected chi connectivity index (χ0v) is 15.5. The highest BCUT2D eigenvalue weighted by atomic mass is 16.2. The maximum atomic E-state index is 12.7. The van der Waals surface area contributed by atoms with Gasteiger partial charge in [-0.05, 0) is 51.0 Å². The number of benzene rings is 1. The fourth-order valence-electron chi connectivity index (χ4n) is 3.84. The third-order valence-corrected chi connectivity index (χ3v) is 5.37. The summed E-state index contributed by atoms with van der Waals surface area (Å²) in [6, 6.07) is 9.02. The van der Waals surface area contributed by atoms with E-state index in [1.54, 1.807) is 24.3 Å². The number of hydrogen-bond acceptors (Lipinski definition) is 4. The molecule has 6 heteroatoms. The summed E-state index contributed by atoms with van der Waals surface area (Å²) < 4.78 is 0. The van der Waals surface area contributed by atoms with Crippen molar-refractivity contribution in [3.05, 3.63) is 35.4 Å². The topological polar surface area (TPSA) is 67.7 Å². The van der Waals surface area contributed by atoms with Crippen LogP contribution in [-0.4, -0.2) is 71.3 Å². The van der Waals surface area contributed by atoms with E-state index < -0.39 is 0 Å². The summed E-state index contributed by atoms with van der Waals surface area (Å²) >= 11 is 0. The lowest BCUT2D eigenvalue weighted by Crippen LogP contribution is -2.59. The number of carbonyl (C=O) groups is 2. The molecule has 0 N–H and O–H groups in total. The second kappa shape index (κ2) is 7.88. The summed E-state index contributed by atoms with van der Waals surface area (Å²) in [5.74, 6) is 0.228. The minimum Gasteiger partial charge on any atom is -0.339 e. The first-order chi connectivity index (χ1) is 12.5. The Morgan fingerprint density at radius 2 is 1.77 bits per heavy atom. The number of hydrogen-bond donors (Lipinski definition) is 0. The average Bonchev–Trinajstić information content (AvgIpc) is 2.67. The fourth-order valence-corrected chi connectivity index (χ4v) is 3.84. The van der Waals surface area contributed by atoms with Crippen LogP contribution in [0, 0.1) is 11.3 Å². The summed E-state index contributed by atoms with van der Waals surface area (Å²) in [5.41, 5.74) is 1.16. The molecule has 26 heavy (non-hydrogen) atoms. The van der Waals surface area contributed by atoms with Gasteiger partial charge in [-0.25, -0.2) is 0 Å². The molecular formula is C20H26N4O2. The summed E-state index contributed by atoms with van der Waals surface area (Å²) in [6.07, 6.45) is 1.95. The molecular weight excluding hydrogens is 328 g/mol. The maximum Gasteiger partial charge on any atom is 0.253 e. The molecule has 0 unspecified atom stereocenters. The summed E-state index contributed by atoms with van der Waals surface area (Å²) in [5, 5.41) is 8.86. The van der Waals surface area contributed by atoms with Gasteiger partial charge in [-0.2, -0.15) is 5.26 Å². The number of nitrogens with zero attached hydrogens (tertiary/aromatic N) is 4. The van der Waals surface area contributed by atoms with Gasteiger partial charge in [0.25, 0.3) is 5.91 Å². The average molecular weight is 354 g/mol. The third-order valence-electron chi connectivity index (χ3n) is 5.37. The summed E-state index contributed by atoms with van der Waals surface area (Å²) in [7, 11) is 0. The van der Waals surface area contributed by atoms with Gasteiger partial charge in [-0.15, -0.1) is 0 Å². The SMILES string of the molecule is CC(C)N1CCC[C@@H](N2CCN(C(=O)c3ccc(C#N)cc3)CC2)C1=O. The van der Waals surface area contributed by atoms with Gasteiger partial charge in [0.2, 0.25) is 5.91 Å². The number of amides is 2. The Hall–Kier alpha value is -2.39. The lowest BCUT2D eigenvalue weighted by molar-refractivity contribution is -0.142. The molecule has 2 fully saturated rings. The lowest BCUT2D eigenvalue weighted by atomic mass is 10.0. The first-order valence-electron chi connectivity index (χ1n) is 9.35. The highest BCUT2D eigenvalue weighted by Crippen LogP contribution is 2.21. The molecule has 2 aliphatic heterocycles. The van der Waals surface area contributed by atoms with Crippen LogP contribution in [0.15, 0.2) is 24.3 Å². The highest BCUT2D eigenvalue weighted by Gasteiger charge is 2.36. The Labute approximate surface area is 155 Å². The molecule has 6 nitrogen and oxygen atoms in total. The quantitative estimate of drug-likeness (QED) is 0.829. The van der Waals surface area contributed by atoms with E-state index in [-0.39, 0.29) is 23.9 Å². The Balaban J connectivity index is 1.59. The molecule has 2 heterocycles. The normalized spacial score (nSPS) is 21.8. The van der Waals surface area contributed by atoms with Crippen molar-refractivity contribution in [2.75, 3.05) is 32.7 Å². The zero-order valence-electron chi connectivity index (χ0n) is 15.5. The second-order valence-electron chi connectivity index (χ2n) is 7.30. The largest absolute Gasteiger partial charge is 0.339 e. The molecule has 0 bridgehead atoms. The first-order valence-corrected chi connectivity index (χ1v) is 9.35. The molecule has 0 saturated carbocycles. The molecule has 0 spiro atoms. The van der Waals surface area contributed by atoms with Crippen molar-refractivity contribution in [2.24, 2.45) is 0 Å². The van der Waals surface area contributed by atoms with Gasteiger partial charge in [-0.3, -0.25) is 14.5 Å². The van der Waals surface area contributed by atoms with Crippen LogP contribution in [0.5, 0.6) is 0 Å². The molecule has 2 saturated heterocycles. The number of piperidine rings is 1. The Kier molecular flexibility index (Phi) is 5.58. The number of nitriles is 1. The molecule has 3 rings (SSSR count). The number of likely N-dealkylation sites (tertiary alicyclic amines) is 1. The van der Waals surface area contributed by atoms with Gasteiger partial charge in [-0.1, -0.05) is 0 Å². The van der Waals surface area contributed by atoms with Crippen LogP contribution in [0.4, 0.5) is 0 Å². The van der Waals surface area contributed by atoms with Crippen molar-refractivity contribution in [3.63, 3.8) is 0 Å². The van der Waals surface area contributed by atoms with Crippen LogP contribution >= 0.6 is 0 Å². The minimum atomic E-state index is -0.0432. The third kappa shape index (κ3) is 3.73. The maximum absolute atomic E-state index is 12.7. The minimum absolute atomic E-state index is 0.00656. The van der Waals surface area contributed by atoms with E-state index in [9.17, 15) is 9.59 Å². The Morgan fingerprint density at radius 1 is 1.12 bits per heavy atom. The Bertz CT molecular complexity index is 700. The van der Waals surface area contributed by atoms with Crippen LogP contribution in [0.2, 0.25) is 0 Å². The Morgan fingerprint density at radius 3 is 2.35 bits per heavy atom. The van der Waals surface area contributed by atoms with Gasteiger partial charge in [0.15, 0.2) is 0 Å². The summed E-state index contributed by atoms with van der Waals surface area (Å²) in [4.78, 5) is 31.4. The van der Waals surface area contributed by atoms with Crippen molar-refractivity contribution < 1.29 is 9.59 Å². The number of carbonyl (C=O) groups excluding carboxylic acids is 2. The van der Waals surface area contributed by atoms with Crippen LogP contribution in [0.1, 0.15) is 42.6 Å². The monoisotopic (exact) mass is 354 g/mol. The van der Waals surface area contributed by atoms with E-state index in [2.05, 4.69) is 24.8 Å². The molecule has 1 aromatic rings. The van der Waals surface area contributed by atoms with E-state index in [0.29, 0.717) is 24.2 Å². The van der Waals surface area contributed by atoms with E-state index in [0.717, 1.165) is 32.5 Å². The second-order valence-corrected chi connectivity index (χ2v) is 7.30. The van der Waals surface area contributed by atoms with Gasteiger partial charge in [0.05, 0.1) is 17.7 Å². The number of piperazine rings is 1. The number of rotatable bonds is 3. The van der Waals surface area contributed by atoms with Crippen LogP contribution in [-0.2, 0) is 4.79 Å². The van der Waals surface area contributed by atoms with Gasteiger partial charge < -0.3 is 9.80 Å². The van der Waals surface area contributed by atoms with Crippen LogP contribution < -0.4 is 0 Å². The van der Waals surface area contributed by atoms with E-state index >= 15 is 0 Å². The van der Waals surface area contributed by atoms with Crippen molar-refractivity contribution in [2.45, 2.75) is 38.8 Å². The van der Waals surface area contributed by atoms with Crippen molar-refractivity contribution in [3.8, 4) is 6.07 Å². The highest BCUT2D eigenvalue weighted by molar-refractivity contribution is 5.94. The van der Waals surface area contributed by atoms with Gasteiger partial charge in [0, 0.05) is 44.3 Å².